The number of fused-ring (bicyclic) bond motifs is 1. The lowest BCUT2D eigenvalue weighted by molar-refractivity contribution is 0.0926. The third-order valence-corrected chi connectivity index (χ3v) is 8.27. The molecule has 10 nitrogen and oxygen atoms in total. The van der Waals surface area contributed by atoms with Crippen LogP contribution in [0.2, 0.25) is 0 Å². The summed E-state index contributed by atoms with van der Waals surface area (Å²) in [5, 5.41) is 0. The van der Waals surface area contributed by atoms with Gasteiger partial charge in [-0.1, -0.05) is 89.0 Å². The molecule has 2 rings (SSSR count). The average Bonchev–Trinajstić information content (AvgIpc) is 3.34. The average molecular weight is 594 g/mol. The number of ether oxygens (including phenoxy) is 1. The summed E-state index contributed by atoms with van der Waals surface area (Å²) in [7, 11) is -3.67. The van der Waals surface area contributed by atoms with Gasteiger partial charge in [0.25, 0.3) is 5.56 Å². The zero-order chi connectivity index (χ0) is 29.6. The number of H-pyrrole nitrogens is 1. The van der Waals surface area contributed by atoms with Gasteiger partial charge in [-0.15, -0.1) is 0 Å². The Bertz CT molecular complexity index is 1130. The van der Waals surface area contributed by atoms with Crippen molar-refractivity contribution in [2.45, 2.75) is 110 Å². The van der Waals surface area contributed by atoms with Crippen molar-refractivity contribution in [1.29, 1.82) is 0 Å². The van der Waals surface area contributed by atoms with Crippen LogP contribution in [0.4, 0.5) is 5.95 Å². The lowest BCUT2D eigenvalue weighted by atomic mass is 10.1. The van der Waals surface area contributed by atoms with E-state index in [4.69, 9.17) is 15.0 Å². The number of hydrogen-bond acceptors (Lipinski definition) is 7. The van der Waals surface area contributed by atoms with E-state index >= 15 is 0 Å². The van der Waals surface area contributed by atoms with Crippen LogP contribution in [0.25, 0.3) is 11.2 Å². The van der Waals surface area contributed by atoms with E-state index in [1.807, 2.05) is 6.08 Å². The molecule has 2 aromatic rings. The van der Waals surface area contributed by atoms with Gasteiger partial charge in [0.2, 0.25) is 5.95 Å². The molecule has 0 saturated heterocycles. The van der Waals surface area contributed by atoms with Crippen molar-refractivity contribution in [3.8, 4) is 0 Å². The smallest absolute Gasteiger partial charge is 0.328 e. The first-order valence-corrected chi connectivity index (χ1v) is 17.2. The number of aromatic amines is 1. The molecule has 2 aromatic heterocycles. The number of aromatic nitrogens is 4. The van der Waals surface area contributed by atoms with E-state index < -0.39 is 7.60 Å². The molecule has 1 unspecified atom stereocenters. The number of hydrogen-bond donors (Lipinski definition) is 3. The van der Waals surface area contributed by atoms with Crippen molar-refractivity contribution in [3.05, 3.63) is 41.0 Å². The van der Waals surface area contributed by atoms with Gasteiger partial charge in [-0.3, -0.25) is 14.3 Å². The van der Waals surface area contributed by atoms with Crippen molar-refractivity contribution in [1.82, 2.24) is 19.5 Å². The van der Waals surface area contributed by atoms with E-state index in [0.29, 0.717) is 31.8 Å². The third kappa shape index (κ3) is 16.1. The number of nitrogens with zero attached hydrogens (tertiary/aromatic N) is 3. The zero-order valence-electron chi connectivity index (χ0n) is 25.0. The van der Waals surface area contributed by atoms with Crippen molar-refractivity contribution in [2.24, 2.45) is 0 Å². The number of nitrogen functional groups attached to an aromatic ring is 1. The number of unbranched alkanes of at least 4 members (excludes halogenated alkanes) is 12. The Morgan fingerprint density at radius 3 is 2.24 bits per heavy atom. The molecular weight excluding hydrogens is 541 g/mol. The maximum Gasteiger partial charge on any atom is 0.328 e. The van der Waals surface area contributed by atoms with Crippen LogP contribution in [-0.4, -0.2) is 50.4 Å². The highest BCUT2D eigenvalue weighted by Crippen LogP contribution is 2.42. The molecule has 0 radical (unpaired) electrons. The Balaban J connectivity index is 1.38. The van der Waals surface area contributed by atoms with Crippen LogP contribution in [0.1, 0.15) is 103 Å². The molecule has 0 aliphatic heterocycles. The van der Waals surface area contributed by atoms with E-state index in [2.05, 4.69) is 34.0 Å². The minimum Gasteiger partial charge on any atom is -0.379 e. The minimum atomic E-state index is -3.67. The Labute approximate surface area is 245 Å². The molecule has 0 aliphatic carbocycles. The largest absolute Gasteiger partial charge is 0.379 e. The number of nitrogens with one attached hydrogen (secondary N) is 1. The van der Waals surface area contributed by atoms with Crippen molar-refractivity contribution < 1.29 is 18.7 Å². The van der Waals surface area contributed by atoms with E-state index in [-0.39, 0.29) is 29.8 Å². The molecule has 41 heavy (non-hydrogen) atoms. The van der Waals surface area contributed by atoms with E-state index in [1.165, 1.54) is 83.4 Å². The van der Waals surface area contributed by atoms with Crippen LogP contribution in [0.5, 0.6) is 0 Å². The first-order chi connectivity index (χ1) is 19.9. The molecule has 0 aromatic carbocycles. The number of nitrogens with two attached hydrogens (primary N) is 1. The highest BCUT2D eigenvalue weighted by Gasteiger charge is 2.17. The predicted molar refractivity (Wildman–Crippen MR) is 167 cm³/mol. The zero-order valence-corrected chi connectivity index (χ0v) is 25.9. The first kappa shape index (κ1) is 34.9. The summed E-state index contributed by atoms with van der Waals surface area (Å²) >= 11 is 0. The molecule has 11 heteroatoms. The van der Waals surface area contributed by atoms with Crippen molar-refractivity contribution in [3.63, 3.8) is 0 Å². The fourth-order valence-corrected chi connectivity index (χ4v) is 5.47. The Morgan fingerprint density at radius 1 is 0.902 bits per heavy atom. The van der Waals surface area contributed by atoms with Crippen LogP contribution in [-0.2, 0) is 20.4 Å². The second kappa shape index (κ2) is 21.4. The van der Waals surface area contributed by atoms with Crippen LogP contribution < -0.4 is 11.3 Å². The molecule has 0 bridgehead atoms. The number of anilines is 1. The Kier molecular flexibility index (Phi) is 18.3. The molecule has 4 N–H and O–H groups in total. The van der Waals surface area contributed by atoms with Crippen molar-refractivity contribution in [2.75, 3.05) is 31.7 Å². The van der Waals surface area contributed by atoms with Gasteiger partial charge in [0, 0.05) is 13.2 Å². The van der Waals surface area contributed by atoms with Gasteiger partial charge in [-0.2, -0.15) is 4.98 Å². The highest BCUT2D eigenvalue weighted by molar-refractivity contribution is 7.52. The van der Waals surface area contributed by atoms with Gasteiger partial charge in [-0.25, -0.2) is 4.98 Å². The van der Waals surface area contributed by atoms with Gasteiger partial charge in [0.15, 0.2) is 11.2 Å². The molecular formula is C30H52N5O5P. The second-order valence-corrected chi connectivity index (χ2v) is 12.5. The summed E-state index contributed by atoms with van der Waals surface area (Å²) < 4.78 is 24.6. The monoisotopic (exact) mass is 593 g/mol. The number of rotatable bonds is 25. The standard InChI is InChI=1S/C30H52N5O5P/c1-2-3-4-5-6-7-8-9-10-11-12-13-14-15-16-19-22-39-23-24-40-41(37,38)25-20-17-18-21-35-26-32-27-28(35)33-30(31)34-29(27)36/h9-10,17-18,26H,2-8,11-16,19-25H2,1H3,(H,37,38)(H3,31,33,34,36)/b10-9?,18-17-. The molecule has 0 fully saturated rings. The molecule has 0 spiro atoms. The quantitative estimate of drug-likeness (QED) is 0.0640. The van der Waals surface area contributed by atoms with Gasteiger partial charge in [0.05, 0.1) is 25.7 Å². The summed E-state index contributed by atoms with van der Waals surface area (Å²) in [6, 6.07) is 0. The maximum atomic E-state index is 12.2. The van der Waals surface area contributed by atoms with Crippen LogP contribution in [0, 0.1) is 0 Å². The SMILES string of the molecule is CCCCCCCCC=CCCCCCCCCOCCOP(=O)(O)CC/C=C\Cn1cnc2c(=O)[nH]c(N)nc21. The molecule has 1 atom stereocenters. The van der Waals surface area contributed by atoms with E-state index in [9.17, 15) is 14.3 Å². The number of imidazole rings is 1. The predicted octanol–water partition coefficient (Wildman–Crippen LogP) is 6.90. The van der Waals surface area contributed by atoms with Gasteiger partial charge in [-0.05, 0) is 38.5 Å². The molecule has 0 saturated carbocycles. The topological polar surface area (TPSA) is 145 Å². The van der Waals surface area contributed by atoms with Crippen molar-refractivity contribution >= 4 is 24.7 Å². The number of allylic oxidation sites excluding steroid dienone is 4. The van der Waals surface area contributed by atoms with E-state index in [0.717, 1.165) is 12.8 Å². The fraction of sp³-hybridized carbons (Fsp3) is 0.700. The van der Waals surface area contributed by atoms with E-state index in [1.54, 1.807) is 10.6 Å². The Hall–Kier alpha value is -2.26. The fourth-order valence-electron chi connectivity index (χ4n) is 4.51. The lowest BCUT2D eigenvalue weighted by Crippen LogP contribution is -2.12. The normalized spacial score (nSPS) is 13.6. The Morgan fingerprint density at radius 2 is 1.54 bits per heavy atom. The minimum absolute atomic E-state index is 0.0218. The maximum absolute atomic E-state index is 12.2. The first-order valence-electron chi connectivity index (χ1n) is 15.5. The molecule has 0 amide bonds. The van der Waals surface area contributed by atoms with Crippen LogP contribution in [0.3, 0.4) is 0 Å². The van der Waals surface area contributed by atoms with Crippen LogP contribution in [0.15, 0.2) is 35.4 Å². The summed E-state index contributed by atoms with van der Waals surface area (Å²) in [4.78, 5) is 32.4. The third-order valence-electron chi connectivity index (χ3n) is 6.86. The van der Waals surface area contributed by atoms with Crippen LogP contribution >= 0.6 is 7.60 Å². The van der Waals surface area contributed by atoms with Gasteiger partial charge < -0.3 is 24.5 Å². The summed E-state index contributed by atoms with van der Waals surface area (Å²) in [6.45, 7) is 3.74. The van der Waals surface area contributed by atoms with Gasteiger partial charge >= 0.3 is 7.60 Å². The summed E-state index contributed by atoms with van der Waals surface area (Å²) in [6.07, 6.45) is 28.0. The summed E-state index contributed by atoms with van der Waals surface area (Å²) in [5.74, 6) is 0.0265. The molecule has 0 aliphatic rings. The lowest BCUT2D eigenvalue weighted by Gasteiger charge is -2.11. The highest BCUT2D eigenvalue weighted by atomic mass is 31.2. The second-order valence-electron chi connectivity index (χ2n) is 10.5. The molecule has 2 heterocycles. The molecule has 232 valence electrons. The van der Waals surface area contributed by atoms with Gasteiger partial charge in [0.1, 0.15) is 0 Å². The summed E-state index contributed by atoms with van der Waals surface area (Å²) in [5.41, 5.74) is 5.82.